The summed E-state index contributed by atoms with van der Waals surface area (Å²) in [7, 11) is 0. The van der Waals surface area contributed by atoms with Gasteiger partial charge in [0.1, 0.15) is 18.1 Å². The van der Waals surface area contributed by atoms with Gasteiger partial charge in [0.2, 0.25) is 0 Å². The van der Waals surface area contributed by atoms with Gasteiger partial charge < -0.3 is 9.47 Å². The normalized spacial score (nSPS) is 10.5. The van der Waals surface area contributed by atoms with Crippen LogP contribution in [-0.2, 0) is 11.4 Å². The highest BCUT2D eigenvalue weighted by atomic mass is 16.6. The Morgan fingerprint density at radius 1 is 0.967 bits per heavy atom. The highest BCUT2D eigenvalue weighted by Crippen LogP contribution is 2.17. The SMILES string of the molecule is O=C(COc1ccc([N+](=O)[O-])cc1)N/N=C\c1cccc(OCc2ccccc2)c1. The highest BCUT2D eigenvalue weighted by molar-refractivity contribution is 5.83. The summed E-state index contributed by atoms with van der Waals surface area (Å²) in [5.41, 5.74) is 4.14. The van der Waals surface area contributed by atoms with E-state index >= 15 is 0 Å². The fourth-order valence-electron chi connectivity index (χ4n) is 2.45. The van der Waals surface area contributed by atoms with Crippen LogP contribution >= 0.6 is 0 Å². The summed E-state index contributed by atoms with van der Waals surface area (Å²) < 4.78 is 11.0. The molecule has 0 unspecified atom stereocenters. The Kier molecular flexibility index (Phi) is 7.10. The first-order chi connectivity index (χ1) is 14.6. The molecule has 8 heteroatoms. The van der Waals surface area contributed by atoms with Gasteiger partial charge in [-0.2, -0.15) is 5.10 Å². The molecule has 0 atom stereocenters. The molecule has 0 heterocycles. The lowest BCUT2D eigenvalue weighted by Crippen LogP contribution is -2.24. The Morgan fingerprint density at radius 2 is 1.73 bits per heavy atom. The van der Waals surface area contributed by atoms with Crippen LogP contribution in [-0.4, -0.2) is 23.7 Å². The van der Waals surface area contributed by atoms with Gasteiger partial charge in [-0.3, -0.25) is 14.9 Å². The number of carbonyl (C=O) groups is 1. The first kappa shape index (κ1) is 20.5. The van der Waals surface area contributed by atoms with E-state index in [9.17, 15) is 14.9 Å². The molecule has 0 aliphatic heterocycles. The smallest absolute Gasteiger partial charge is 0.277 e. The molecular formula is C22H19N3O5. The summed E-state index contributed by atoms with van der Waals surface area (Å²) in [6.45, 7) is 0.188. The fraction of sp³-hybridized carbons (Fsp3) is 0.0909. The number of amides is 1. The molecule has 3 rings (SSSR count). The van der Waals surface area contributed by atoms with Gasteiger partial charge in [-0.1, -0.05) is 42.5 Å². The minimum Gasteiger partial charge on any atom is -0.489 e. The molecule has 8 nitrogen and oxygen atoms in total. The number of hydrogen-bond donors (Lipinski definition) is 1. The maximum Gasteiger partial charge on any atom is 0.277 e. The topological polar surface area (TPSA) is 103 Å². The number of ether oxygens (including phenoxy) is 2. The third kappa shape index (κ3) is 6.45. The number of nitrogens with zero attached hydrogens (tertiary/aromatic N) is 2. The predicted octanol–water partition coefficient (Wildman–Crippen LogP) is 3.70. The van der Waals surface area contributed by atoms with E-state index in [-0.39, 0.29) is 12.3 Å². The van der Waals surface area contributed by atoms with E-state index < -0.39 is 10.8 Å². The first-order valence-corrected chi connectivity index (χ1v) is 9.06. The highest BCUT2D eigenvalue weighted by Gasteiger charge is 2.06. The number of carbonyl (C=O) groups excluding carboxylic acids is 1. The Labute approximate surface area is 172 Å². The number of non-ortho nitro benzene ring substituents is 1. The standard InChI is InChI=1S/C22H19N3O5/c26-22(16-30-20-11-9-19(10-12-20)25(27)28)24-23-14-18-7-4-8-21(13-18)29-15-17-5-2-1-3-6-17/h1-14H,15-16H2,(H,24,26)/b23-14-. The lowest BCUT2D eigenvalue weighted by atomic mass is 10.2. The van der Waals surface area contributed by atoms with Crippen molar-refractivity contribution in [3.8, 4) is 11.5 Å². The zero-order valence-corrected chi connectivity index (χ0v) is 15.9. The monoisotopic (exact) mass is 405 g/mol. The van der Waals surface area contributed by atoms with Gasteiger partial charge in [-0.05, 0) is 35.4 Å². The van der Waals surface area contributed by atoms with Crippen molar-refractivity contribution in [2.75, 3.05) is 6.61 Å². The van der Waals surface area contributed by atoms with Crippen LogP contribution in [0, 0.1) is 10.1 Å². The van der Waals surface area contributed by atoms with Crippen LogP contribution in [0.1, 0.15) is 11.1 Å². The van der Waals surface area contributed by atoms with Gasteiger partial charge in [0.25, 0.3) is 11.6 Å². The van der Waals surface area contributed by atoms with E-state index in [1.165, 1.54) is 30.5 Å². The molecule has 0 radical (unpaired) electrons. The third-order valence-electron chi connectivity index (χ3n) is 3.93. The van der Waals surface area contributed by atoms with Crippen molar-refractivity contribution in [1.82, 2.24) is 5.43 Å². The number of hydrazone groups is 1. The molecule has 152 valence electrons. The summed E-state index contributed by atoms with van der Waals surface area (Å²) in [6, 6.07) is 22.6. The molecule has 0 aliphatic rings. The van der Waals surface area contributed by atoms with Crippen LogP contribution in [0.15, 0.2) is 84.0 Å². The van der Waals surface area contributed by atoms with Crippen molar-refractivity contribution in [1.29, 1.82) is 0 Å². The number of benzene rings is 3. The molecule has 0 aromatic heterocycles. The van der Waals surface area contributed by atoms with Gasteiger partial charge in [0.15, 0.2) is 6.61 Å². The maximum atomic E-state index is 11.8. The Bertz CT molecular complexity index is 1020. The van der Waals surface area contributed by atoms with E-state index in [4.69, 9.17) is 9.47 Å². The number of rotatable bonds is 9. The van der Waals surface area contributed by atoms with Crippen LogP contribution in [0.5, 0.6) is 11.5 Å². The van der Waals surface area contributed by atoms with Gasteiger partial charge in [-0.15, -0.1) is 0 Å². The molecule has 0 spiro atoms. The lowest BCUT2D eigenvalue weighted by Gasteiger charge is -2.07. The molecule has 0 saturated carbocycles. The summed E-state index contributed by atoms with van der Waals surface area (Å²) in [5, 5.41) is 14.5. The quantitative estimate of drug-likeness (QED) is 0.332. The molecule has 0 fully saturated rings. The van der Waals surface area contributed by atoms with E-state index in [1.807, 2.05) is 54.6 Å². The van der Waals surface area contributed by atoms with E-state index in [0.717, 1.165) is 11.1 Å². The van der Waals surface area contributed by atoms with E-state index in [2.05, 4.69) is 10.5 Å². The summed E-state index contributed by atoms with van der Waals surface area (Å²) in [4.78, 5) is 21.9. The lowest BCUT2D eigenvalue weighted by molar-refractivity contribution is -0.384. The van der Waals surface area contributed by atoms with Crippen molar-refractivity contribution in [2.45, 2.75) is 6.61 Å². The van der Waals surface area contributed by atoms with Crippen molar-refractivity contribution in [3.05, 3.63) is 100 Å². The van der Waals surface area contributed by atoms with Crippen LogP contribution in [0.3, 0.4) is 0 Å². The van der Waals surface area contributed by atoms with Crippen LogP contribution in [0.2, 0.25) is 0 Å². The van der Waals surface area contributed by atoms with Crippen molar-refractivity contribution >= 4 is 17.8 Å². The summed E-state index contributed by atoms with van der Waals surface area (Å²) in [6.07, 6.45) is 1.50. The van der Waals surface area contributed by atoms with Gasteiger partial charge in [0, 0.05) is 12.1 Å². The minimum absolute atomic E-state index is 0.0496. The summed E-state index contributed by atoms with van der Waals surface area (Å²) in [5.74, 6) is 0.583. The van der Waals surface area contributed by atoms with E-state index in [0.29, 0.717) is 18.1 Å². The second kappa shape index (κ2) is 10.4. The Hall–Kier alpha value is -4.20. The van der Waals surface area contributed by atoms with E-state index in [1.54, 1.807) is 0 Å². The first-order valence-electron chi connectivity index (χ1n) is 9.06. The zero-order chi connectivity index (χ0) is 21.2. The number of nitro benzene ring substituents is 1. The van der Waals surface area contributed by atoms with Crippen molar-refractivity contribution in [3.63, 3.8) is 0 Å². The second-order valence-corrected chi connectivity index (χ2v) is 6.18. The maximum absolute atomic E-state index is 11.8. The molecule has 3 aromatic carbocycles. The Balaban J connectivity index is 1.45. The molecule has 0 bridgehead atoms. The van der Waals surface area contributed by atoms with Crippen molar-refractivity contribution < 1.29 is 19.2 Å². The average Bonchev–Trinajstić information content (AvgIpc) is 2.77. The second-order valence-electron chi connectivity index (χ2n) is 6.18. The fourth-order valence-corrected chi connectivity index (χ4v) is 2.45. The van der Waals surface area contributed by atoms with Crippen molar-refractivity contribution in [2.24, 2.45) is 5.10 Å². The molecule has 0 aliphatic carbocycles. The molecule has 0 saturated heterocycles. The molecule has 3 aromatic rings. The number of nitro groups is 1. The van der Waals surface area contributed by atoms with Crippen LogP contribution < -0.4 is 14.9 Å². The number of hydrogen-bond acceptors (Lipinski definition) is 6. The van der Waals surface area contributed by atoms with Crippen LogP contribution in [0.25, 0.3) is 0 Å². The third-order valence-corrected chi connectivity index (χ3v) is 3.93. The van der Waals surface area contributed by atoms with Gasteiger partial charge in [-0.25, -0.2) is 5.43 Å². The molecule has 1 amide bonds. The molecular weight excluding hydrogens is 386 g/mol. The summed E-state index contributed by atoms with van der Waals surface area (Å²) >= 11 is 0. The zero-order valence-electron chi connectivity index (χ0n) is 15.9. The van der Waals surface area contributed by atoms with Gasteiger partial charge >= 0.3 is 0 Å². The predicted molar refractivity (Wildman–Crippen MR) is 112 cm³/mol. The molecule has 1 N–H and O–H groups in total. The largest absolute Gasteiger partial charge is 0.489 e. The van der Waals surface area contributed by atoms with Gasteiger partial charge in [0.05, 0.1) is 11.1 Å². The minimum atomic E-state index is -0.507. The molecule has 30 heavy (non-hydrogen) atoms. The number of nitrogens with one attached hydrogen (secondary N) is 1. The van der Waals surface area contributed by atoms with Crippen LogP contribution in [0.4, 0.5) is 5.69 Å². The Morgan fingerprint density at radius 3 is 2.47 bits per heavy atom. The average molecular weight is 405 g/mol.